The molecular formula is C15H19ClN4OS. The summed E-state index contributed by atoms with van der Waals surface area (Å²) in [5.74, 6) is 1.51. The Morgan fingerprint density at radius 2 is 2.32 bits per heavy atom. The van der Waals surface area contributed by atoms with E-state index in [-0.39, 0.29) is 0 Å². The van der Waals surface area contributed by atoms with Crippen molar-refractivity contribution in [2.45, 2.75) is 24.8 Å². The molecule has 0 aliphatic rings. The van der Waals surface area contributed by atoms with Crippen LogP contribution in [0.2, 0.25) is 0 Å². The molecule has 0 unspecified atom stereocenters. The van der Waals surface area contributed by atoms with Crippen molar-refractivity contribution in [3.05, 3.63) is 54.2 Å². The van der Waals surface area contributed by atoms with Gasteiger partial charge in [-0.2, -0.15) is 0 Å². The van der Waals surface area contributed by atoms with Gasteiger partial charge in [0, 0.05) is 29.4 Å². The van der Waals surface area contributed by atoms with E-state index in [4.69, 9.17) is 16.0 Å². The zero-order valence-electron chi connectivity index (χ0n) is 12.5. The molecule has 5 nitrogen and oxygen atoms in total. The van der Waals surface area contributed by atoms with Crippen LogP contribution in [0, 0.1) is 0 Å². The zero-order valence-corrected chi connectivity index (χ0v) is 14.1. The zero-order chi connectivity index (χ0) is 15.9. The minimum atomic E-state index is 0.594. The highest BCUT2D eigenvalue weighted by Gasteiger charge is 2.14. The second-order valence-corrected chi connectivity index (χ2v) is 6.38. The van der Waals surface area contributed by atoms with Crippen LogP contribution in [0.4, 0.5) is 0 Å². The molecule has 0 aromatic carbocycles. The molecule has 7 heteroatoms. The van der Waals surface area contributed by atoms with Gasteiger partial charge in [0.2, 0.25) is 0 Å². The lowest BCUT2D eigenvalue weighted by Crippen LogP contribution is -2.20. The van der Waals surface area contributed by atoms with Gasteiger partial charge in [0.1, 0.15) is 5.82 Å². The lowest BCUT2D eigenvalue weighted by atomic mass is 10.3. The van der Waals surface area contributed by atoms with Crippen molar-refractivity contribution >= 4 is 23.4 Å². The van der Waals surface area contributed by atoms with Crippen molar-refractivity contribution < 1.29 is 4.42 Å². The van der Waals surface area contributed by atoms with Gasteiger partial charge in [-0.1, -0.05) is 36.0 Å². The standard InChI is InChI=1S/C15H19ClN4OS/c1-4-6-20-14(17-18-15(20)22-11-12(2)16)9-19(3)8-13-5-7-21-10-13/h4-5,7,10H,1-2,6,8-9,11H2,3H3. The van der Waals surface area contributed by atoms with E-state index in [1.165, 1.54) is 11.8 Å². The van der Waals surface area contributed by atoms with Gasteiger partial charge in [-0.15, -0.1) is 16.8 Å². The van der Waals surface area contributed by atoms with Crippen LogP contribution in [0.5, 0.6) is 0 Å². The maximum atomic E-state index is 5.82. The first-order valence-electron chi connectivity index (χ1n) is 6.78. The predicted octanol–water partition coefficient (Wildman–Crippen LogP) is 3.53. The van der Waals surface area contributed by atoms with E-state index in [1.54, 1.807) is 12.5 Å². The number of halogens is 1. The molecule has 0 spiro atoms. The van der Waals surface area contributed by atoms with E-state index in [9.17, 15) is 0 Å². The lowest BCUT2D eigenvalue weighted by Gasteiger charge is -2.15. The molecule has 0 saturated heterocycles. The lowest BCUT2D eigenvalue weighted by molar-refractivity contribution is 0.303. The van der Waals surface area contributed by atoms with Crippen molar-refractivity contribution in [2.75, 3.05) is 12.8 Å². The first-order chi connectivity index (χ1) is 10.6. The minimum absolute atomic E-state index is 0.594. The summed E-state index contributed by atoms with van der Waals surface area (Å²) in [5.41, 5.74) is 1.13. The molecule has 2 rings (SSSR count). The Hall–Kier alpha value is -1.50. The van der Waals surface area contributed by atoms with E-state index >= 15 is 0 Å². The average molecular weight is 339 g/mol. The summed E-state index contributed by atoms with van der Waals surface area (Å²) in [7, 11) is 2.04. The molecular weight excluding hydrogens is 320 g/mol. The molecule has 0 bridgehead atoms. The molecule has 0 aliphatic heterocycles. The fraction of sp³-hybridized carbons (Fsp3) is 0.333. The van der Waals surface area contributed by atoms with E-state index in [0.29, 0.717) is 23.9 Å². The highest BCUT2D eigenvalue weighted by molar-refractivity contribution is 7.99. The molecule has 118 valence electrons. The summed E-state index contributed by atoms with van der Waals surface area (Å²) in [6.45, 7) is 9.64. The first kappa shape index (κ1) is 16.9. The quantitative estimate of drug-likeness (QED) is 0.517. The SMILES string of the molecule is C=CCn1c(CN(C)Cc2ccoc2)nnc1SCC(=C)Cl. The number of hydrogen-bond acceptors (Lipinski definition) is 5. The highest BCUT2D eigenvalue weighted by atomic mass is 35.5. The predicted molar refractivity (Wildman–Crippen MR) is 89.8 cm³/mol. The summed E-state index contributed by atoms with van der Waals surface area (Å²) in [4.78, 5) is 2.16. The van der Waals surface area contributed by atoms with Crippen molar-refractivity contribution in [2.24, 2.45) is 0 Å². The van der Waals surface area contributed by atoms with Gasteiger partial charge in [-0.25, -0.2) is 0 Å². The molecule has 2 heterocycles. The third kappa shape index (κ3) is 4.76. The van der Waals surface area contributed by atoms with E-state index in [2.05, 4.69) is 28.3 Å². The van der Waals surface area contributed by atoms with Gasteiger partial charge >= 0.3 is 0 Å². The minimum Gasteiger partial charge on any atom is -0.472 e. The second kappa shape index (κ2) is 8.22. The fourth-order valence-corrected chi connectivity index (χ4v) is 2.87. The topological polar surface area (TPSA) is 47.1 Å². The Bertz CT molecular complexity index is 624. The molecule has 0 aliphatic carbocycles. The van der Waals surface area contributed by atoms with E-state index < -0.39 is 0 Å². The summed E-state index contributed by atoms with van der Waals surface area (Å²) in [5, 5.41) is 9.95. The molecule has 0 N–H and O–H groups in total. The number of allylic oxidation sites excluding steroid dienone is 1. The van der Waals surface area contributed by atoms with Gasteiger partial charge in [-0.05, 0) is 13.1 Å². The smallest absolute Gasteiger partial charge is 0.191 e. The van der Waals surface area contributed by atoms with Crippen LogP contribution in [-0.4, -0.2) is 32.5 Å². The molecule has 2 aromatic heterocycles. The van der Waals surface area contributed by atoms with Gasteiger partial charge in [0.05, 0.1) is 19.1 Å². The Labute approximate surface area is 139 Å². The average Bonchev–Trinajstić information content (AvgIpc) is 3.08. The summed E-state index contributed by atoms with van der Waals surface area (Å²) < 4.78 is 7.13. The number of aromatic nitrogens is 3. The van der Waals surface area contributed by atoms with Crippen LogP contribution in [0.25, 0.3) is 0 Å². The van der Waals surface area contributed by atoms with Crippen LogP contribution in [0.3, 0.4) is 0 Å². The third-order valence-corrected chi connectivity index (χ3v) is 4.25. The van der Waals surface area contributed by atoms with Crippen molar-refractivity contribution in [1.29, 1.82) is 0 Å². The second-order valence-electron chi connectivity index (χ2n) is 4.91. The Morgan fingerprint density at radius 3 is 2.95 bits per heavy atom. The van der Waals surface area contributed by atoms with Crippen LogP contribution >= 0.6 is 23.4 Å². The Kier molecular flexibility index (Phi) is 6.30. The normalized spacial score (nSPS) is 11.0. The number of nitrogens with zero attached hydrogens (tertiary/aromatic N) is 4. The first-order valence-corrected chi connectivity index (χ1v) is 8.15. The van der Waals surface area contributed by atoms with E-state index in [0.717, 1.165) is 23.1 Å². The van der Waals surface area contributed by atoms with Gasteiger partial charge in [0.15, 0.2) is 5.16 Å². The maximum Gasteiger partial charge on any atom is 0.191 e. The molecule has 2 aromatic rings. The van der Waals surface area contributed by atoms with Crippen LogP contribution < -0.4 is 0 Å². The van der Waals surface area contributed by atoms with Crippen molar-refractivity contribution in [3.8, 4) is 0 Å². The Balaban J connectivity index is 2.05. The molecule has 0 saturated carbocycles. The maximum absolute atomic E-state index is 5.82. The largest absolute Gasteiger partial charge is 0.472 e. The third-order valence-electron chi connectivity index (χ3n) is 2.91. The van der Waals surface area contributed by atoms with Gasteiger partial charge in [0.25, 0.3) is 0 Å². The monoisotopic (exact) mass is 338 g/mol. The van der Waals surface area contributed by atoms with Crippen LogP contribution in [0.15, 0.2) is 52.4 Å². The Morgan fingerprint density at radius 1 is 1.50 bits per heavy atom. The van der Waals surface area contributed by atoms with Gasteiger partial charge in [-0.3, -0.25) is 4.90 Å². The highest BCUT2D eigenvalue weighted by Crippen LogP contribution is 2.21. The van der Waals surface area contributed by atoms with Crippen LogP contribution in [-0.2, 0) is 19.6 Å². The van der Waals surface area contributed by atoms with Gasteiger partial charge < -0.3 is 8.98 Å². The number of furan rings is 1. The molecule has 0 amide bonds. The van der Waals surface area contributed by atoms with Crippen LogP contribution in [0.1, 0.15) is 11.4 Å². The number of thioether (sulfide) groups is 1. The van der Waals surface area contributed by atoms with Crippen molar-refractivity contribution in [1.82, 2.24) is 19.7 Å². The molecule has 0 atom stereocenters. The molecule has 22 heavy (non-hydrogen) atoms. The number of rotatable bonds is 9. The summed E-state index contributed by atoms with van der Waals surface area (Å²) in [6.07, 6.45) is 5.26. The molecule has 0 fully saturated rings. The fourth-order valence-electron chi connectivity index (χ4n) is 1.99. The molecule has 0 radical (unpaired) electrons. The summed E-state index contributed by atoms with van der Waals surface area (Å²) >= 11 is 7.34. The number of hydrogen-bond donors (Lipinski definition) is 0. The van der Waals surface area contributed by atoms with Crippen molar-refractivity contribution in [3.63, 3.8) is 0 Å². The summed E-state index contributed by atoms with van der Waals surface area (Å²) in [6, 6.07) is 1.96. The van der Waals surface area contributed by atoms with E-state index in [1.807, 2.05) is 23.8 Å².